The summed E-state index contributed by atoms with van der Waals surface area (Å²) in [6.45, 7) is 0.663. The number of ketones is 1. The van der Waals surface area contributed by atoms with E-state index >= 15 is 0 Å². The molecule has 5 heteroatoms. The molecule has 3 rings (SSSR count). The first kappa shape index (κ1) is 15.7. The lowest BCUT2D eigenvalue weighted by Gasteiger charge is -2.24. The quantitative estimate of drug-likeness (QED) is 0.805. The molecule has 0 bridgehead atoms. The van der Waals surface area contributed by atoms with Gasteiger partial charge in [0.1, 0.15) is 5.69 Å². The molecule has 1 saturated heterocycles. The van der Waals surface area contributed by atoms with Crippen LogP contribution in [0.4, 0.5) is 0 Å². The summed E-state index contributed by atoms with van der Waals surface area (Å²) in [5, 5.41) is 0.499. The van der Waals surface area contributed by atoms with E-state index in [1.54, 1.807) is 17.0 Å². The van der Waals surface area contributed by atoms with Gasteiger partial charge in [0.15, 0.2) is 5.78 Å². The van der Waals surface area contributed by atoms with Crippen LogP contribution in [-0.4, -0.2) is 34.2 Å². The summed E-state index contributed by atoms with van der Waals surface area (Å²) in [6.07, 6.45) is 3.57. The van der Waals surface area contributed by atoms with Gasteiger partial charge >= 0.3 is 0 Å². The molecule has 1 aromatic heterocycles. The second-order valence-corrected chi connectivity index (χ2v) is 6.09. The number of hydrogen-bond acceptors (Lipinski definition) is 3. The average molecular weight is 329 g/mol. The third kappa shape index (κ3) is 3.59. The Morgan fingerprint density at radius 3 is 2.65 bits per heavy atom. The van der Waals surface area contributed by atoms with E-state index in [0.717, 1.165) is 12.8 Å². The number of Topliss-reactive ketones (excluding diaryl/α,β-unsaturated/α-hetero) is 1. The summed E-state index contributed by atoms with van der Waals surface area (Å²) in [4.78, 5) is 30.8. The van der Waals surface area contributed by atoms with Crippen molar-refractivity contribution in [2.45, 2.75) is 25.3 Å². The Morgan fingerprint density at radius 2 is 1.96 bits per heavy atom. The van der Waals surface area contributed by atoms with Crippen LogP contribution in [-0.2, 0) is 0 Å². The van der Waals surface area contributed by atoms with Gasteiger partial charge in [-0.05, 0) is 25.0 Å². The van der Waals surface area contributed by atoms with Crippen LogP contribution in [0.3, 0.4) is 0 Å². The molecular weight excluding hydrogens is 312 g/mol. The van der Waals surface area contributed by atoms with Gasteiger partial charge in [0.25, 0.3) is 5.91 Å². The molecule has 0 radical (unpaired) electrons. The van der Waals surface area contributed by atoms with Gasteiger partial charge in [-0.2, -0.15) is 0 Å². The minimum atomic E-state index is -0.134. The van der Waals surface area contributed by atoms with Gasteiger partial charge in [0.05, 0.1) is 5.02 Å². The molecule has 0 N–H and O–H groups in total. The summed E-state index contributed by atoms with van der Waals surface area (Å²) < 4.78 is 0. The number of pyridine rings is 1. The standard InChI is InChI=1S/C18H17ClN2O2/c19-14-8-9-16(20-12-14)18(23)21-10-4-7-15(21)11-17(22)13-5-2-1-3-6-13/h1-3,5-6,8-9,12,15H,4,7,10-11H2/t15-/m1/s1. The zero-order chi connectivity index (χ0) is 16.2. The number of likely N-dealkylation sites (tertiary alicyclic amines) is 1. The van der Waals surface area contributed by atoms with Gasteiger partial charge in [0, 0.05) is 30.8 Å². The molecule has 0 saturated carbocycles. The number of aromatic nitrogens is 1. The highest BCUT2D eigenvalue weighted by molar-refractivity contribution is 6.30. The zero-order valence-electron chi connectivity index (χ0n) is 12.6. The third-order valence-electron chi connectivity index (χ3n) is 4.10. The Kier molecular flexibility index (Phi) is 4.72. The number of rotatable bonds is 4. The van der Waals surface area contributed by atoms with E-state index in [0.29, 0.717) is 29.2 Å². The maximum Gasteiger partial charge on any atom is 0.272 e. The number of carbonyl (C=O) groups excluding carboxylic acids is 2. The molecule has 0 unspecified atom stereocenters. The number of carbonyl (C=O) groups is 2. The predicted octanol–water partition coefficient (Wildman–Crippen LogP) is 3.61. The van der Waals surface area contributed by atoms with Crippen LogP contribution >= 0.6 is 11.6 Å². The van der Waals surface area contributed by atoms with Crippen LogP contribution in [0.5, 0.6) is 0 Å². The van der Waals surface area contributed by atoms with Gasteiger partial charge in [-0.25, -0.2) is 4.98 Å². The zero-order valence-corrected chi connectivity index (χ0v) is 13.4. The lowest BCUT2D eigenvalue weighted by atomic mass is 10.0. The van der Waals surface area contributed by atoms with Gasteiger partial charge < -0.3 is 4.90 Å². The van der Waals surface area contributed by atoms with Crippen LogP contribution in [0.1, 0.15) is 40.1 Å². The van der Waals surface area contributed by atoms with E-state index in [1.807, 2.05) is 30.3 Å². The molecule has 1 aliphatic rings. The predicted molar refractivity (Wildman–Crippen MR) is 88.7 cm³/mol. The SMILES string of the molecule is O=C(C[C@H]1CCCN1C(=O)c1ccc(Cl)cn1)c1ccccc1. The first-order chi connectivity index (χ1) is 11.1. The molecule has 4 nitrogen and oxygen atoms in total. The second-order valence-electron chi connectivity index (χ2n) is 5.65. The van der Waals surface area contributed by atoms with Gasteiger partial charge in [-0.1, -0.05) is 41.9 Å². The Bertz CT molecular complexity index is 701. The van der Waals surface area contributed by atoms with Crippen LogP contribution in [0, 0.1) is 0 Å². The molecule has 1 aliphatic heterocycles. The maximum absolute atomic E-state index is 12.6. The highest BCUT2D eigenvalue weighted by Gasteiger charge is 2.31. The molecule has 1 atom stereocenters. The minimum absolute atomic E-state index is 0.0623. The minimum Gasteiger partial charge on any atom is -0.334 e. The summed E-state index contributed by atoms with van der Waals surface area (Å²) in [7, 11) is 0. The van der Waals surface area contributed by atoms with Crippen molar-refractivity contribution in [3.05, 3.63) is 64.9 Å². The summed E-state index contributed by atoms with van der Waals surface area (Å²) >= 11 is 5.81. The summed E-state index contributed by atoms with van der Waals surface area (Å²) in [5.41, 5.74) is 1.06. The van der Waals surface area contributed by atoms with Crippen LogP contribution in [0.25, 0.3) is 0 Å². The number of benzene rings is 1. The van der Waals surface area contributed by atoms with E-state index in [4.69, 9.17) is 11.6 Å². The molecule has 1 fully saturated rings. The number of nitrogens with zero attached hydrogens (tertiary/aromatic N) is 2. The fourth-order valence-electron chi connectivity index (χ4n) is 2.92. The molecule has 0 spiro atoms. The van der Waals surface area contributed by atoms with Crippen molar-refractivity contribution in [3.63, 3.8) is 0 Å². The van der Waals surface area contributed by atoms with Crippen molar-refractivity contribution >= 4 is 23.3 Å². The van der Waals surface area contributed by atoms with Gasteiger partial charge in [-0.3, -0.25) is 9.59 Å². The van der Waals surface area contributed by atoms with E-state index < -0.39 is 0 Å². The molecule has 2 aromatic rings. The van der Waals surface area contributed by atoms with Crippen LogP contribution < -0.4 is 0 Å². The first-order valence-electron chi connectivity index (χ1n) is 7.66. The van der Waals surface area contributed by atoms with Crippen LogP contribution in [0.15, 0.2) is 48.7 Å². The average Bonchev–Trinajstić information content (AvgIpc) is 3.04. The monoisotopic (exact) mass is 328 g/mol. The van der Waals surface area contributed by atoms with Crippen molar-refractivity contribution in [2.75, 3.05) is 6.54 Å². The van der Waals surface area contributed by atoms with Crippen molar-refractivity contribution in [1.82, 2.24) is 9.88 Å². The summed E-state index contributed by atoms with van der Waals surface area (Å²) in [5.74, 6) is -0.0654. The van der Waals surface area contributed by atoms with Gasteiger partial charge in [-0.15, -0.1) is 0 Å². The topological polar surface area (TPSA) is 50.3 Å². The fraction of sp³-hybridized carbons (Fsp3) is 0.278. The Labute approximate surface area is 140 Å². The Morgan fingerprint density at radius 1 is 1.17 bits per heavy atom. The highest BCUT2D eigenvalue weighted by Crippen LogP contribution is 2.24. The fourth-order valence-corrected chi connectivity index (χ4v) is 3.03. The van der Waals surface area contributed by atoms with Crippen LogP contribution in [0.2, 0.25) is 5.02 Å². The number of hydrogen-bond donors (Lipinski definition) is 0. The van der Waals surface area contributed by atoms with Crippen molar-refractivity contribution < 1.29 is 9.59 Å². The second kappa shape index (κ2) is 6.92. The lowest BCUT2D eigenvalue weighted by Crippen LogP contribution is -2.37. The molecule has 1 amide bonds. The number of amides is 1. The summed E-state index contributed by atoms with van der Waals surface area (Å²) in [6, 6.07) is 12.4. The molecule has 1 aromatic carbocycles. The van der Waals surface area contributed by atoms with E-state index in [9.17, 15) is 9.59 Å². The van der Waals surface area contributed by atoms with E-state index in [2.05, 4.69) is 4.98 Å². The molecule has 0 aliphatic carbocycles. The highest BCUT2D eigenvalue weighted by atomic mass is 35.5. The van der Waals surface area contributed by atoms with Crippen molar-refractivity contribution in [3.8, 4) is 0 Å². The number of halogens is 1. The Balaban J connectivity index is 1.71. The molecule has 23 heavy (non-hydrogen) atoms. The molecular formula is C18H17ClN2O2. The normalized spacial score (nSPS) is 17.3. The smallest absolute Gasteiger partial charge is 0.272 e. The van der Waals surface area contributed by atoms with Crippen molar-refractivity contribution in [2.24, 2.45) is 0 Å². The molecule has 2 heterocycles. The lowest BCUT2D eigenvalue weighted by molar-refractivity contribution is 0.0711. The molecule has 118 valence electrons. The largest absolute Gasteiger partial charge is 0.334 e. The first-order valence-corrected chi connectivity index (χ1v) is 8.04. The maximum atomic E-state index is 12.6. The third-order valence-corrected chi connectivity index (χ3v) is 4.32. The van der Waals surface area contributed by atoms with E-state index in [-0.39, 0.29) is 17.7 Å². The van der Waals surface area contributed by atoms with Crippen molar-refractivity contribution in [1.29, 1.82) is 0 Å². The van der Waals surface area contributed by atoms with Gasteiger partial charge in [0.2, 0.25) is 0 Å². The Hall–Kier alpha value is -2.20. The van der Waals surface area contributed by atoms with E-state index in [1.165, 1.54) is 6.20 Å².